The highest BCUT2D eigenvalue weighted by atomic mass is 16.6. The molecule has 0 bridgehead atoms. The zero-order valence-corrected chi connectivity index (χ0v) is 14.5. The van der Waals surface area contributed by atoms with Crippen molar-refractivity contribution < 1.29 is 19.4 Å². The Morgan fingerprint density at radius 1 is 1.30 bits per heavy atom. The van der Waals surface area contributed by atoms with Crippen LogP contribution < -0.4 is 16.0 Å². The van der Waals surface area contributed by atoms with Crippen LogP contribution in [0.4, 0.5) is 16.2 Å². The first-order valence-electron chi connectivity index (χ1n) is 8.39. The summed E-state index contributed by atoms with van der Waals surface area (Å²) in [5.74, 6) is -0.916. The van der Waals surface area contributed by atoms with Crippen LogP contribution in [0.5, 0.6) is 0 Å². The molecule has 0 spiro atoms. The number of cyclic esters (lactones) is 1. The minimum absolute atomic E-state index is 0.0299. The number of nitrogens with one attached hydrogen (secondary N) is 2. The summed E-state index contributed by atoms with van der Waals surface area (Å²) in [5, 5.41) is 19.5. The molecule has 1 aliphatic rings. The Labute approximate surface area is 156 Å². The number of benzene rings is 2. The van der Waals surface area contributed by atoms with E-state index < -0.39 is 12.1 Å². The van der Waals surface area contributed by atoms with E-state index in [0.717, 1.165) is 5.69 Å². The number of carboxylic acid groups (broad SMARTS) is 1. The van der Waals surface area contributed by atoms with Gasteiger partial charge in [-0.3, -0.25) is 15.1 Å². The molecule has 1 amide bonds. The molecule has 1 heterocycles. The summed E-state index contributed by atoms with van der Waals surface area (Å²) in [7, 11) is 0. The van der Waals surface area contributed by atoms with Crippen molar-refractivity contribution in [2.24, 2.45) is 5.73 Å². The fraction of sp³-hybridized carbons (Fsp3) is 0.211. The summed E-state index contributed by atoms with van der Waals surface area (Å²) in [5.41, 5.74) is 8.17. The number of carbonyl (C=O) groups is 2. The van der Waals surface area contributed by atoms with Crippen molar-refractivity contribution in [2.75, 3.05) is 23.3 Å². The SMILES string of the molecule is N=C(N)c1ccc(N2CC(CNc3cccc(CC(=O)O)c3)OC2=O)cc1. The van der Waals surface area contributed by atoms with Crippen LogP contribution >= 0.6 is 0 Å². The van der Waals surface area contributed by atoms with E-state index in [1.54, 1.807) is 42.5 Å². The molecule has 3 rings (SSSR count). The quantitative estimate of drug-likeness (QED) is 0.437. The number of rotatable bonds is 7. The van der Waals surface area contributed by atoms with Gasteiger partial charge >= 0.3 is 12.1 Å². The molecule has 1 aliphatic heterocycles. The Morgan fingerprint density at radius 2 is 2.04 bits per heavy atom. The predicted octanol–water partition coefficient (Wildman–Crippen LogP) is 2.04. The lowest BCUT2D eigenvalue weighted by Crippen LogP contribution is -2.27. The minimum Gasteiger partial charge on any atom is -0.481 e. The second-order valence-corrected chi connectivity index (χ2v) is 6.23. The normalized spacial score (nSPS) is 16.1. The second-order valence-electron chi connectivity index (χ2n) is 6.23. The van der Waals surface area contributed by atoms with Gasteiger partial charge in [-0.15, -0.1) is 0 Å². The van der Waals surface area contributed by atoms with Crippen molar-refractivity contribution in [1.29, 1.82) is 5.41 Å². The van der Waals surface area contributed by atoms with Crippen LogP contribution in [-0.2, 0) is 16.0 Å². The number of carboxylic acids is 1. The average Bonchev–Trinajstić information content (AvgIpc) is 3.00. The number of amidine groups is 1. The Bertz CT molecular complexity index is 866. The molecule has 5 N–H and O–H groups in total. The third kappa shape index (κ3) is 4.55. The fourth-order valence-corrected chi connectivity index (χ4v) is 2.86. The van der Waals surface area contributed by atoms with Crippen LogP contribution in [0.25, 0.3) is 0 Å². The van der Waals surface area contributed by atoms with Crippen molar-refractivity contribution in [3.8, 4) is 0 Å². The zero-order chi connectivity index (χ0) is 19.4. The van der Waals surface area contributed by atoms with Gasteiger partial charge in [0.2, 0.25) is 0 Å². The highest BCUT2D eigenvalue weighted by Gasteiger charge is 2.32. The molecular formula is C19H20N4O4. The van der Waals surface area contributed by atoms with E-state index in [1.807, 2.05) is 6.07 Å². The third-order valence-electron chi connectivity index (χ3n) is 4.18. The standard InChI is InChI=1S/C19H20N4O4/c20-18(21)13-4-6-15(7-5-13)23-11-16(27-19(23)26)10-22-14-3-1-2-12(8-14)9-17(24)25/h1-8,16,22H,9-11H2,(H3,20,21)(H,24,25). The van der Waals surface area contributed by atoms with Gasteiger partial charge in [-0.2, -0.15) is 0 Å². The molecule has 1 saturated heterocycles. The first kappa shape index (κ1) is 18.2. The Balaban J connectivity index is 1.59. The van der Waals surface area contributed by atoms with Crippen LogP contribution in [0.2, 0.25) is 0 Å². The first-order chi connectivity index (χ1) is 12.9. The monoisotopic (exact) mass is 368 g/mol. The number of amides is 1. The Hall–Kier alpha value is -3.55. The van der Waals surface area contributed by atoms with E-state index in [1.165, 1.54) is 4.90 Å². The number of ether oxygens (including phenoxy) is 1. The maximum Gasteiger partial charge on any atom is 0.414 e. The maximum atomic E-state index is 12.1. The molecule has 2 aromatic rings. The number of aliphatic carboxylic acids is 1. The zero-order valence-electron chi connectivity index (χ0n) is 14.5. The van der Waals surface area contributed by atoms with Gasteiger partial charge in [-0.05, 0) is 42.0 Å². The molecule has 1 unspecified atom stereocenters. The van der Waals surface area contributed by atoms with E-state index in [0.29, 0.717) is 29.9 Å². The van der Waals surface area contributed by atoms with E-state index in [2.05, 4.69) is 5.32 Å². The molecule has 140 valence electrons. The molecule has 2 aromatic carbocycles. The van der Waals surface area contributed by atoms with Gasteiger partial charge in [0.05, 0.1) is 19.5 Å². The van der Waals surface area contributed by atoms with Crippen LogP contribution in [0, 0.1) is 5.41 Å². The van der Waals surface area contributed by atoms with Crippen molar-refractivity contribution >= 4 is 29.3 Å². The lowest BCUT2D eigenvalue weighted by molar-refractivity contribution is -0.136. The number of nitrogens with zero attached hydrogens (tertiary/aromatic N) is 1. The smallest absolute Gasteiger partial charge is 0.414 e. The van der Waals surface area contributed by atoms with Crippen LogP contribution in [0.15, 0.2) is 48.5 Å². The number of hydrogen-bond acceptors (Lipinski definition) is 5. The lowest BCUT2D eigenvalue weighted by atomic mass is 10.1. The largest absolute Gasteiger partial charge is 0.481 e. The molecule has 1 fully saturated rings. The van der Waals surface area contributed by atoms with Gasteiger partial charge in [-0.1, -0.05) is 12.1 Å². The average molecular weight is 368 g/mol. The van der Waals surface area contributed by atoms with Crippen molar-refractivity contribution in [1.82, 2.24) is 0 Å². The van der Waals surface area contributed by atoms with Crippen molar-refractivity contribution in [3.63, 3.8) is 0 Å². The molecule has 0 saturated carbocycles. The number of nitrogen functional groups attached to an aromatic ring is 1. The number of carbonyl (C=O) groups excluding carboxylic acids is 1. The molecular weight excluding hydrogens is 348 g/mol. The number of anilines is 2. The second kappa shape index (κ2) is 7.77. The molecule has 8 heteroatoms. The highest BCUT2D eigenvalue weighted by molar-refractivity contribution is 5.96. The summed E-state index contributed by atoms with van der Waals surface area (Å²) in [6, 6.07) is 14.0. The van der Waals surface area contributed by atoms with Gasteiger partial charge in [0.15, 0.2) is 0 Å². The van der Waals surface area contributed by atoms with Gasteiger partial charge in [0.1, 0.15) is 11.9 Å². The Kier molecular flexibility index (Phi) is 5.25. The molecule has 0 aliphatic carbocycles. The molecule has 1 atom stereocenters. The summed E-state index contributed by atoms with van der Waals surface area (Å²) >= 11 is 0. The molecule has 27 heavy (non-hydrogen) atoms. The van der Waals surface area contributed by atoms with Crippen LogP contribution in [0.3, 0.4) is 0 Å². The van der Waals surface area contributed by atoms with Crippen LogP contribution in [0.1, 0.15) is 11.1 Å². The first-order valence-corrected chi connectivity index (χ1v) is 8.39. The van der Waals surface area contributed by atoms with Crippen molar-refractivity contribution in [2.45, 2.75) is 12.5 Å². The van der Waals surface area contributed by atoms with E-state index in [4.69, 9.17) is 21.0 Å². The van der Waals surface area contributed by atoms with E-state index in [9.17, 15) is 9.59 Å². The fourth-order valence-electron chi connectivity index (χ4n) is 2.86. The topological polar surface area (TPSA) is 129 Å². The van der Waals surface area contributed by atoms with Gasteiger partial charge in [0, 0.05) is 16.9 Å². The number of nitrogens with two attached hydrogens (primary N) is 1. The van der Waals surface area contributed by atoms with Crippen molar-refractivity contribution in [3.05, 3.63) is 59.7 Å². The molecule has 8 nitrogen and oxygen atoms in total. The third-order valence-corrected chi connectivity index (χ3v) is 4.18. The van der Waals surface area contributed by atoms with Gasteiger partial charge < -0.3 is 20.9 Å². The minimum atomic E-state index is -0.886. The maximum absolute atomic E-state index is 12.1. The summed E-state index contributed by atoms with van der Waals surface area (Å²) in [6.07, 6.45) is -0.817. The summed E-state index contributed by atoms with van der Waals surface area (Å²) < 4.78 is 5.39. The predicted molar refractivity (Wildman–Crippen MR) is 101 cm³/mol. The number of hydrogen-bond donors (Lipinski definition) is 4. The van der Waals surface area contributed by atoms with E-state index in [-0.39, 0.29) is 18.4 Å². The Morgan fingerprint density at radius 3 is 2.70 bits per heavy atom. The van der Waals surface area contributed by atoms with E-state index >= 15 is 0 Å². The molecule has 0 radical (unpaired) electrons. The molecule has 0 aromatic heterocycles. The van der Waals surface area contributed by atoms with Gasteiger partial charge in [-0.25, -0.2) is 4.79 Å². The summed E-state index contributed by atoms with van der Waals surface area (Å²) in [4.78, 5) is 24.5. The van der Waals surface area contributed by atoms with Gasteiger partial charge in [0.25, 0.3) is 0 Å². The highest BCUT2D eigenvalue weighted by Crippen LogP contribution is 2.22. The lowest BCUT2D eigenvalue weighted by Gasteiger charge is -2.14. The van der Waals surface area contributed by atoms with Crippen LogP contribution in [-0.4, -0.2) is 42.2 Å². The summed E-state index contributed by atoms with van der Waals surface area (Å²) in [6.45, 7) is 0.796.